The van der Waals surface area contributed by atoms with E-state index >= 15 is 0 Å². The summed E-state index contributed by atoms with van der Waals surface area (Å²) in [5, 5.41) is 4.94. The number of nitrogens with one attached hydrogen (secondary N) is 2. The number of aromatic nitrogens is 1. The summed E-state index contributed by atoms with van der Waals surface area (Å²) in [5.41, 5.74) is 7.78. The first kappa shape index (κ1) is 20.2. The molecule has 0 spiro atoms. The van der Waals surface area contributed by atoms with Crippen LogP contribution in [0.1, 0.15) is 46.2 Å². The lowest BCUT2D eigenvalue weighted by Gasteiger charge is -2.25. The summed E-state index contributed by atoms with van der Waals surface area (Å²) in [5.74, 6) is 0.253. The minimum absolute atomic E-state index is 0.0751. The maximum absolute atomic E-state index is 13.2. The molecule has 2 aliphatic heterocycles. The van der Waals surface area contributed by atoms with Crippen LogP contribution in [0.5, 0.6) is 0 Å². The number of hydrazine groups is 1. The van der Waals surface area contributed by atoms with E-state index in [1.165, 1.54) is 0 Å². The van der Waals surface area contributed by atoms with Crippen LogP contribution in [0.25, 0.3) is 0 Å². The third kappa shape index (κ3) is 3.62. The van der Waals surface area contributed by atoms with Gasteiger partial charge in [0.05, 0.1) is 23.8 Å². The SMILES string of the molecule is CC1=C2C(=Nc3cc(C(=O)NC4CC4)ccc3C)N=CNN2CC1C(=O)c1cccn1C. The number of aryl methyl sites for hydroxylation is 2. The van der Waals surface area contributed by atoms with E-state index in [1.54, 1.807) is 12.4 Å². The zero-order valence-corrected chi connectivity index (χ0v) is 18.4. The van der Waals surface area contributed by atoms with Crippen molar-refractivity contribution in [2.24, 2.45) is 23.0 Å². The number of Topliss-reactive ketones (excluding diaryl/α,β-unsaturated/α-hetero) is 1. The van der Waals surface area contributed by atoms with Gasteiger partial charge in [0.25, 0.3) is 5.91 Å². The van der Waals surface area contributed by atoms with Crippen molar-refractivity contribution in [3.8, 4) is 0 Å². The first-order valence-corrected chi connectivity index (χ1v) is 10.9. The number of amides is 1. The lowest BCUT2D eigenvalue weighted by molar-refractivity contribution is 0.0919. The van der Waals surface area contributed by atoms with Crippen molar-refractivity contribution < 1.29 is 9.59 Å². The number of rotatable bonds is 5. The fraction of sp³-hybridized carbons (Fsp3) is 0.333. The van der Waals surface area contributed by atoms with Gasteiger partial charge >= 0.3 is 0 Å². The fourth-order valence-corrected chi connectivity index (χ4v) is 4.16. The predicted octanol–water partition coefficient (Wildman–Crippen LogP) is 2.89. The average Bonchev–Trinajstić information content (AvgIpc) is 3.38. The summed E-state index contributed by atoms with van der Waals surface area (Å²) in [4.78, 5) is 34.9. The Balaban J connectivity index is 1.48. The third-order valence-corrected chi connectivity index (χ3v) is 6.27. The second-order valence-corrected chi connectivity index (χ2v) is 8.64. The molecule has 1 amide bonds. The van der Waals surface area contributed by atoms with E-state index in [-0.39, 0.29) is 17.6 Å². The van der Waals surface area contributed by atoms with E-state index in [0.717, 1.165) is 29.7 Å². The third-order valence-electron chi connectivity index (χ3n) is 6.27. The van der Waals surface area contributed by atoms with Gasteiger partial charge in [0.2, 0.25) is 0 Å². The van der Waals surface area contributed by atoms with Crippen LogP contribution in [-0.4, -0.2) is 46.0 Å². The number of fused-ring (bicyclic) bond motifs is 1. The highest BCUT2D eigenvalue weighted by molar-refractivity contribution is 6.08. The van der Waals surface area contributed by atoms with E-state index in [2.05, 4.69) is 15.7 Å². The van der Waals surface area contributed by atoms with Gasteiger partial charge in [-0.25, -0.2) is 9.98 Å². The minimum Gasteiger partial charge on any atom is -0.349 e. The molecule has 1 unspecified atom stereocenters. The second-order valence-electron chi connectivity index (χ2n) is 8.64. The topological polar surface area (TPSA) is 91.1 Å². The zero-order chi connectivity index (χ0) is 22.4. The molecule has 1 fully saturated rings. The molecule has 164 valence electrons. The number of ketones is 1. The van der Waals surface area contributed by atoms with Gasteiger partial charge in [0.15, 0.2) is 11.6 Å². The van der Waals surface area contributed by atoms with Crippen LogP contribution in [0.15, 0.2) is 57.8 Å². The Bertz CT molecular complexity index is 1200. The number of aliphatic imine (C=N–C) groups is 2. The van der Waals surface area contributed by atoms with E-state index in [1.807, 2.05) is 60.9 Å². The molecular weight excluding hydrogens is 404 g/mol. The largest absolute Gasteiger partial charge is 0.349 e. The van der Waals surface area contributed by atoms with Gasteiger partial charge in [-0.1, -0.05) is 6.07 Å². The van der Waals surface area contributed by atoms with Gasteiger partial charge in [-0.2, -0.15) is 0 Å². The highest BCUT2D eigenvalue weighted by atomic mass is 16.1. The van der Waals surface area contributed by atoms with Crippen LogP contribution in [0.3, 0.4) is 0 Å². The molecule has 8 nitrogen and oxygen atoms in total. The highest BCUT2D eigenvalue weighted by Gasteiger charge is 2.38. The maximum Gasteiger partial charge on any atom is 0.251 e. The molecule has 1 aromatic carbocycles. The second kappa shape index (κ2) is 7.78. The van der Waals surface area contributed by atoms with Gasteiger partial charge < -0.3 is 9.88 Å². The minimum atomic E-state index is -0.283. The molecule has 1 saturated carbocycles. The molecule has 3 aliphatic rings. The normalized spacial score (nSPS) is 21.0. The van der Waals surface area contributed by atoms with Crippen molar-refractivity contribution in [3.63, 3.8) is 0 Å². The van der Waals surface area contributed by atoms with Gasteiger partial charge in [0, 0.05) is 24.8 Å². The molecule has 1 aliphatic carbocycles. The maximum atomic E-state index is 13.2. The Morgan fingerprint density at radius 3 is 2.75 bits per heavy atom. The molecule has 1 aromatic heterocycles. The Morgan fingerprint density at radius 1 is 1.22 bits per heavy atom. The molecular formula is C24H26N6O2. The number of carbonyl (C=O) groups excluding carboxylic acids is 2. The Labute approximate surface area is 186 Å². The summed E-state index contributed by atoms with van der Waals surface area (Å²) in [6.07, 6.45) is 5.55. The van der Waals surface area contributed by atoms with Crippen molar-refractivity contribution in [1.82, 2.24) is 20.3 Å². The Hall–Kier alpha value is -3.68. The predicted molar refractivity (Wildman–Crippen MR) is 123 cm³/mol. The standard InChI is InChI=1S/C24H26N6O2/c1-14-6-7-16(24(32)27-17-8-9-17)11-19(14)28-23-21-15(2)18(12-30(21)26-13-25-23)22(31)20-5-4-10-29(20)3/h4-7,10-11,13,17-18H,8-9,12H2,1-3H3,(H,27,32)(H,25,26,28). The molecule has 8 heteroatoms. The van der Waals surface area contributed by atoms with Crippen LogP contribution in [0.4, 0.5) is 5.69 Å². The molecule has 32 heavy (non-hydrogen) atoms. The number of carbonyl (C=O) groups is 2. The zero-order valence-electron chi connectivity index (χ0n) is 18.4. The van der Waals surface area contributed by atoms with Crippen LogP contribution < -0.4 is 10.7 Å². The van der Waals surface area contributed by atoms with Crippen molar-refractivity contribution in [2.75, 3.05) is 6.54 Å². The van der Waals surface area contributed by atoms with Gasteiger partial charge in [0.1, 0.15) is 12.0 Å². The number of benzene rings is 1. The monoisotopic (exact) mass is 430 g/mol. The molecule has 5 rings (SSSR count). The molecule has 1 atom stereocenters. The van der Waals surface area contributed by atoms with Crippen molar-refractivity contribution >= 4 is 29.6 Å². The fourth-order valence-electron chi connectivity index (χ4n) is 4.16. The Morgan fingerprint density at radius 2 is 2.03 bits per heavy atom. The highest BCUT2D eigenvalue weighted by Crippen LogP contribution is 2.33. The van der Waals surface area contributed by atoms with Crippen LogP contribution in [-0.2, 0) is 7.05 Å². The van der Waals surface area contributed by atoms with E-state index in [0.29, 0.717) is 35.4 Å². The summed E-state index contributed by atoms with van der Waals surface area (Å²) >= 11 is 0. The van der Waals surface area contributed by atoms with Crippen molar-refractivity contribution in [3.05, 3.63) is 64.6 Å². The summed E-state index contributed by atoms with van der Waals surface area (Å²) < 4.78 is 1.85. The summed E-state index contributed by atoms with van der Waals surface area (Å²) in [6, 6.07) is 9.55. The quantitative estimate of drug-likeness (QED) is 0.714. The van der Waals surface area contributed by atoms with Crippen molar-refractivity contribution in [1.29, 1.82) is 0 Å². The van der Waals surface area contributed by atoms with Crippen molar-refractivity contribution in [2.45, 2.75) is 32.7 Å². The molecule has 0 bridgehead atoms. The summed E-state index contributed by atoms with van der Waals surface area (Å²) in [7, 11) is 1.88. The first-order chi connectivity index (χ1) is 15.4. The molecule has 2 aromatic rings. The molecule has 2 N–H and O–H groups in total. The van der Waals surface area contributed by atoms with Crippen LogP contribution >= 0.6 is 0 Å². The lowest BCUT2D eigenvalue weighted by atomic mass is 9.95. The molecule has 3 heterocycles. The van der Waals surface area contributed by atoms with Gasteiger partial charge in [-0.05, 0) is 62.1 Å². The van der Waals surface area contributed by atoms with Crippen LogP contribution in [0, 0.1) is 12.8 Å². The number of hydrogen-bond acceptors (Lipinski definition) is 5. The van der Waals surface area contributed by atoms with Gasteiger partial charge in [-0.3, -0.25) is 20.0 Å². The summed E-state index contributed by atoms with van der Waals surface area (Å²) in [6.45, 7) is 4.44. The average molecular weight is 431 g/mol. The van der Waals surface area contributed by atoms with E-state index < -0.39 is 0 Å². The van der Waals surface area contributed by atoms with E-state index in [4.69, 9.17) is 4.99 Å². The molecule has 0 saturated heterocycles. The first-order valence-electron chi connectivity index (χ1n) is 10.9. The van der Waals surface area contributed by atoms with Crippen LogP contribution in [0.2, 0.25) is 0 Å². The smallest absolute Gasteiger partial charge is 0.251 e. The number of hydrogen-bond donors (Lipinski definition) is 2. The number of nitrogens with zero attached hydrogens (tertiary/aromatic N) is 4. The Kier molecular flexibility index (Phi) is 4.92. The van der Waals surface area contributed by atoms with E-state index in [9.17, 15) is 9.59 Å². The number of amidine groups is 1. The molecule has 0 radical (unpaired) electrons. The van der Waals surface area contributed by atoms with Gasteiger partial charge in [-0.15, -0.1) is 0 Å². The lowest BCUT2D eigenvalue weighted by Crippen LogP contribution is -2.41.